The second kappa shape index (κ2) is 8.30. The van der Waals surface area contributed by atoms with Gasteiger partial charge in [-0.05, 0) is 36.6 Å². The third-order valence-electron chi connectivity index (χ3n) is 5.94. The Kier molecular flexibility index (Phi) is 5.30. The van der Waals surface area contributed by atoms with Gasteiger partial charge in [-0.3, -0.25) is 14.5 Å². The van der Waals surface area contributed by atoms with E-state index in [9.17, 15) is 14.7 Å². The molecule has 0 spiro atoms. The summed E-state index contributed by atoms with van der Waals surface area (Å²) < 4.78 is 0.956. The van der Waals surface area contributed by atoms with Gasteiger partial charge in [-0.1, -0.05) is 84.5 Å². The van der Waals surface area contributed by atoms with Gasteiger partial charge in [-0.2, -0.15) is 0 Å². The lowest BCUT2D eigenvalue weighted by Gasteiger charge is -2.23. The van der Waals surface area contributed by atoms with Gasteiger partial charge < -0.3 is 5.11 Å². The number of aliphatic hydroxyl groups excluding tert-OH is 1. The highest BCUT2D eigenvalue weighted by molar-refractivity contribution is 7.22. The Bertz CT molecular complexity index is 1400. The maximum atomic E-state index is 13.3. The van der Waals surface area contributed by atoms with Crippen LogP contribution in [0.5, 0.6) is 0 Å². The van der Waals surface area contributed by atoms with Crippen molar-refractivity contribution in [2.24, 2.45) is 0 Å². The largest absolute Gasteiger partial charge is 0.507 e. The van der Waals surface area contributed by atoms with E-state index in [1.54, 1.807) is 24.3 Å². The molecule has 2 heterocycles. The first kappa shape index (κ1) is 21.1. The number of hydrogen-bond acceptors (Lipinski definition) is 5. The van der Waals surface area contributed by atoms with Crippen LogP contribution < -0.4 is 4.90 Å². The van der Waals surface area contributed by atoms with Gasteiger partial charge >= 0.3 is 5.91 Å². The number of aliphatic hydroxyl groups is 1. The minimum atomic E-state index is -0.767. The highest BCUT2D eigenvalue weighted by Crippen LogP contribution is 2.44. The van der Waals surface area contributed by atoms with Crippen LogP contribution in [0.4, 0.5) is 5.13 Å². The molecule has 0 aliphatic carbocycles. The van der Waals surface area contributed by atoms with Crippen LogP contribution >= 0.6 is 11.3 Å². The molecule has 5 nitrogen and oxygen atoms in total. The lowest BCUT2D eigenvalue weighted by molar-refractivity contribution is -0.132. The molecule has 1 aliphatic heterocycles. The fraction of sp³-hybridized carbons (Fsp3) is 0.148. The number of aromatic nitrogens is 1. The number of ketones is 1. The number of benzene rings is 3. The number of thiazole rings is 1. The number of anilines is 1. The van der Waals surface area contributed by atoms with Crippen LogP contribution in [0, 0.1) is 6.92 Å². The molecule has 0 bridgehead atoms. The Labute approximate surface area is 195 Å². The Morgan fingerprint density at radius 1 is 1.03 bits per heavy atom. The van der Waals surface area contributed by atoms with E-state index in [2.05, 4.69) is 18.0 Å². The van der Waals surface area contributed by atoms with Gasteiger partial charge in [-0.15, -0.1) is 0 Å². The summed E-state index contributed by atoms with van der Waals surface area (Å²) in [4.78, 5) is 32.6. The lowest BCUT2D eigenvalue weighted by atomic mass is 9.95. The fourth-order valence-corrected chi connectivity index (χ4v) is 5.18. The first-order valence-corrected chi connectivity index (χ1v) is 11.6. The fourth-order valence-electron chi connectivity index (χ4n) is 4.13. The number of carbonyl (C=O) groups excluding carboxylic acids is 2. The SMILES string of the molecule is CCc1ccc2nc(N3C(=O)C(=O)C(=C(O)c4ccccc4)C3c3ccc(C)cc3)sc2c1. The van der Waals surface area contributed by atoms with E-state index in [1.807, 2.05) is 49.4 Å². The van der Waals surface area contributed by atoms with Crippen LogP contribution in [0.15, 0.2) is 78.4 Å². The summed E-state index contributed by atoms with van der Waals surface area (Å²) >= 11 is 1.38. The lowest BCUT2D eigenvalue weighted by Crippen LogP contribution is -2.29. The van der Waals surface area contributed by atoms with Crippen molar-refractivity contribution in [2.75, 3.05) is 4.90 Å². The molecule has 1 N–H and O–H groups in total. The highest BCUT2D eigenvalue weighted by atomic mass is 32.1. The zero-order valence-corrected chi connectivity index (χ0v) is 19.1. The number of rotatable bonds is 4. The molecule has 1 unspecified atom stereocenters. The Morgan fingerprint density at radius 3 is 2.45 bits per heavy atom. The normalized spacial score (nSPS) is 17.8. The monoisotopic (exact) mass is 454 g/mol. The number of amides is 1. The zero-order chi connectivity index (χ0) is 23.1. The van der Waals surface area contributed by atoms with Crippen molar-refractivity contribution >= 4 is 44.1 Å². The van der Waals surface area contributed by atoms with Crippen LogP contribution in [-0.4, -0.2) is 21.8 Å². The van der Waals surface area contributed by atoms with E-state index in [0.717, 1.165) is 27.8 Å². The molecule has 0 radical (unpaired) electrons. The predicted molar refractivity (Wildman–Crippen MR) is 131 cm³/mol. The summed E-state index contributed by atoms with van der Waals surface area (Å²) in [7, 11) is 0. The summed E-state index contributed by atoms with van der Waals surface area (Å²) in [6.07, 6.45) is 0.897. The molecule has 5 rings (SSSR count). The molecular weight excluding hydrogens is 432 g/mol. The van der Waals surface area contributed by atoms with Gasteiger partial charge in [0.05, 0.1) is 21.8 Å². The smallest absolute Gasteiger partial charge is 0.301 e. The van der Waals surface area contributed by atoms with Gasteiger partial charge in [0.15, 0.2) is 5.13 Å². The van der Waals surface area contributed by atoms with Gasteiger partial charge in [0.2, 0.25) is 0 Å². The van der Waals surface area contributed by atoms with Crippen LogP contribution in [-0.2, 0) is 16.0 Å². The molecule has 1 aliphatic rings. The van der Waals surface area contributed by atoms with Crippen molar-refractivity contribution < 1.29 is 14.7 Å². The van der Waals surface area contributed by atoms with Crippen LogP contribution in [0.1, 0.15) is 35.2 Å². The van der Waals surface area contributed by atoms with E-state index in [0.29, 0.717) is 10.7 Å². The molecular formula is C27H22N2O3S. The Balaban J connectivity index is 1.72. The molecule has 4 aromatic rings. The third kappa shape index (κ3) is 3.62. The number of fused-ring (bicyclic) bond motifs is 1. The third-order valence-corrected chi connectivity index (χ3v) is 6.96. The van der Waals surface area contributed by atoms with Gasteiger partial charge in [0.25, 0.3) is 5.78 Å². The maximum absolute atomic E-state index is 13.3. The van der Waals surface area contributed by atoms with E-state index in [4.69, 9.17) is 0 Å². The topological polar surface area (TPSA) is 70.5 Å². The Morgan fingerprint density at radius 2 is 1.76 bits per heavy atom. The van der Waals surface area contributed by atoms with Crippen molar-refractivity contribution in [2.45, 2.75) is 26.3 Å². The first-order valence-electron chi connectivity index (χ1n) is 10.8. The van der Waals surface area contributed by atoms with Gasteiger partial charge in [-0.25, -0.2) is 4.98 Å². The van der Waals surface area contributed by atoms with Gasteiger partial charge in [0.1, 0.15) is 5.76 Å². The predicted octanol–water partition coefficient (Wildman–Crippen LogP) is 5.79. The van der Waals surface area contributed by atoms with Crippen molar-refractivity contribution in [3.05, 3.63) is 101 Å². The van der Waals surface area contributed by atoms with E-state index < -0.39 is 17.7 Å². The molecule has 0 saturated carbocycles. The minimum absolute atomic E-state index is 0.0727. The molecule has 33 heavy (non-hydrogen) atoms. The standard InChI is InChI=1S/C27H22N2O3S/c1-3-17-11-14-20-21(15-17)33-27(28-20)29-23(18-12-9-16(2)10-13-18)22(25(31)26(29)32)24(30)19-7-5-4-6-8-19/h4-15,23,30H,3H2,1-2H3. The average molecular weight is 455 g/mol. The second-order valence-electron chi connectivity index (χ2n) is 8.10. The summed E-state index contributed by atoms with van der Waals surface area (Å²) in [6, 6.07) is 21.7. The Hall–Kier alpha value is -3.77. The van der Waals surface area contributed by atoms with E-state index in [1.165, 1.54) is 21.8 Å². The van der Waals surface area contributed by atoms with Crippen LogP contribution in [0.2, 0.25) is 0 Å². The minimum Gasteiger partial charge on any atom is -0.507 e. The van der Waals surface area contributed by atoms with E-state index in [-0.39, 0.29) is 11.3 Å². The first-order chi connectivity index (χ1) is 16.0. The maximum Gasteiger partial charge on any atom is 0.301 e. The molecule has 1 atom stereocenters. The number of nitrogens with zero attached hydrogens (tertiary/aromatic N) is 2. The van der Waals surface area contributed by atoms with Crippen molar-refractivity contribution in [3.63, 3.8) is 0 Å². The summed E-state index contributed by atoms with van der Waals surface area (Å²) in [6.45, 7) is 4.06. The number of hydrogen-bond donors (Lipinski definition) is 1. The average Bonchev–Trinajstić information content (AvgIpc) is 3.37. The summed E-state index contributed by atoms with van der Waals surface area (Å²) in [5.41, 5.74) is 4.32. The van der Waals surface area contributed by atoms with Crippen molar-refractivity contribution in [1.82, 2.24) is 4.98 Å². The molecule has 1 saturated heterocycles. The van der Waals surface area contributed by atoms with E-state index >= 15 is 0 Å². The van der Waals surface area contributed by atoms with Crippen LogP contribution in [0.3, 0.4) is 0 Å². The number of Topliss-reactive ketones (excluding diaryl/α,β-unsaturated/α-hetero) is 1. The highest BCUT2D eigenvalue weighted by Gasteiger charge is 2.48. The molecule has 3 aromatic carbocycles. The van der Waals surface area contributed by atoms with Crippen LogP contribution in [0.25, 0.3) is 16.0 Å². The molecule has 1 fully saturated rings. The molecule has 164 valence electrons. The second-order valence-corrected chi connectivity index (χ2v) is 9.11. The molecule has 6 heteroatoms. The zero-order valence-electron chi connectivity index (χ0n) is 18.3. The molecule has 1 amide bonds. The van der Waals surface area contributed by atoms with Crippen molar-refractivity contribution in [3.8, 4) is 0 Å². The summed E-state index contributed by atoms with van der Waals surface area (Å²) in [5.74, 6) is -1.58. The quantitative estimate of drug-likeness (QED) is 0.241. The van der Waals surface area contributed by atoms with Crippen molar-refractivity contribution in [1.29, 1.82) is 0 Å². The summed E-state index contributed by atoms with van der Waals surface area (Å²) in [5, 5.41) is 11.6. The number of aryl methyl sites for hydroxylation is 2. The number of carbonyl (C=O) groups is 2. The van der Waals surface area contributed by atoms with Gasteiger partial charge in [0, 0.05) is 5.56 Å². The molecule has 1 aromatic heterocycles.